The van der Waals surface area contributed by atoms with Crippen LogP contribution in [-0.2, 0) is 6.54 Å². The van der Waals surface area contributed by atoms with Gasteiger partial charge >= 0.3 is 0 Å². The molecule has 3 N–H and O–H groups in total. The fourth-order valence-electron chi connectivity index (χ4n) is 1.63. The maximum Gasteiger partial charge on any atom is 0.223 e. The zero-order chi connectivity index (χ0) is 14.0. The molecule has 0 aliphatic carbocycles. The molecule has 19 heavy (non-hydrogen) atoms. The maximum atomic E-state index is 5.81. The van der Waals surface area contributed by atoms with Crippen molar-refractivity contribution in [2.24, 2.45) is 0 Å². The Labute approximate surface area is 124 Å². The summed E-state index contributed by atoms with van der Waals surface area (Å²) < 4.78 is 1.07. The van der Waals surface area contributed by atoms with Crippen LogP contribution in [0.5, 0.6) is 0 Å². The van der Waals surface area contributed by atoms with Crippen molar-refractivity contribution in [2.45, 2.75) is 20.4 Å². The topological polar surface area (TPSA) is 76.7 Å². The van der Waals surface area contributed by atoms with E-state index in [0.717, 1.165) is 21.3 Å². The minimum absolute atomic E-state index is 0.143. The molecule has 0 bridgehead atoms. The number of nitrogens with two attached hydrogens (primary N) is 1. The molecule has 0 spiro atoms. The van der Waals surface area contributed by atoms with E-state index < -0.39 is 0 Å². The van der Waals surface area contributed by atoms with Crippen LogP contribution >= 0.6 is 27.5 Å². The molecule has 0 aromatic carbocycles. The fraction of sp³-hybridized carbons (Fsp3) is 0.250. The van der Waals surface area contributed by atoms with Crippen molar-refractivity contribution < 1.29 is 0 Å². The van der Waals surface area contributed by atoms with E-state index >= 15 is 0 Å². The number of aromatic nitrogens is 3. The molecule has 0 saturated carbocycles. The van der Waals surface area contributed by atoms with Gasteiger partial charge in [0.15, 0.2) is 0 Å². The smallest absolute Gasteiger partial charge is 0.223 e. The summed E-state index contributed by atoms with van der Waals surface area (Å²) in [5.41, 5.74) is 8.67. The van der Waals surface area contributed by atoms with Crippen molar-refractivity contribution in [1.82, 2.24) is 15.0 Å². The van der Waals surface area contributed by atoms with Gasteiger partial charge < -0.3 is 11.1 Å². The number of rotatable bonds is 3. The third-order valence-corrected chi connectivity index (χ3v) is 4.09. The molecule has 0 aliphatic heterocycles. The first-order chi connectivity index (χ1) is 8.97. The third-order valence-electron chi connectivity index (χ3n) is 2.67. The van der Waals surface area contributed by atoms with Gasteiger partial charge in [-0.05, 0) is 25.0 Å². The van der Waals surface area contributed by atoms with Gasteiger partial charge in [-0.15, -0.1) is 0 Å². The summed E-state index contributed by atoms with van der Waals surface area (Å²) in [5.74, 6) is 0.722. The highest BCUT2D eigenvalue weighted by Crippen LogP contribution is 2.22. The first-order valence-corrected chi connectivity index (χ1v) is 6.79. The normalized spacial score (nSPS) is 10.5. The van der Waals surface area contributed by atoms with E-state index in [0.29, 0.717) is 17.5 Å². The number of pyridine rings is 1. The summed E-state index contributed by atoms with van der Waals surface area (Å²) in [6, 6.07) is 1.62. The predicted molar refractivity (Wildman–Crippen MR) is 80.2 cm³/mol. The minimum Gasteiger partial charge on any atom is -0.368 e. The molecule has 2 rings (SSSR count). The van der Waals surface area contributed by atoms with Crippen molar-refractivity contribution in [3.05, 3.63) is 38.7 Å². The van der Waals surface area contributed by atoms with Crippen LogP contribution in [0.15, 0.2) is 16.7 Å². The molecule has 2 heterocycles. The number of hydrogen-bond acceptors (Lipinski definition) is 5. The van der Waals surface area contributed by atoms with Crippen molar-refractivity contribution in [3.8, 4) is 0 Å². The summed E-state index contributed by atoms with van der Waals surface area (Å²) in [5, 5.41) is 3.44. The van der Waals surface area contributed by atoms with Crippen molar-refractivity contribution in [3.63, 3.8) is 0 Å². The summed E-state index contributed by atoms with van der Waals surface area (Å²) in [6.07, 6.45) is 1.83. The van der Waals surface area contributed by atoms with Gasteiger partial charge in [-0.1, -0.05) is 27.5 Å². The van der Waals surface area contributed by atoms with Gasteiger partial charge in [0.25, 0.3) is 0 Å². The lowest BCUT2D eigenvalue weighted by Crippen LogP contribution is -2.07. The SMILES string of the molecule is Cc1cnc(CNc2cc(Cl)nc(N)n2)c(C)c1Br. The zero-order valence-electron chi connectivity index (χ0n) is 10.5. The first kappa shape index (κ1) is 14.0. The average Bonchev–Trinajstić information content (AvgIpc) is 2.34. The Bertz CT molecular complexity index is 597. The number of nitrogen functional groups attached to an aromatic ring is 1. The molecular weight excluding hydrogens is 330 g/mol. The van der Waals surface area contributed by atoms with E-state index in [-0.39, 0.29) is 5.95 Å². The molecule has 2 aromatic heterocycles. The number of halogens is 2. The summed E-state index contributed by atoms with van der Waals surface area (Å²) in [7, 11) is 0. The summed E-state index contributed by atoms with van der Waals surface area (Å²) in [4.78, 5) is 12.3. The molecule has 0 amide bonds. The fourth-order valence-corrected chi connectivity index (χ4v) is 2.15. The quantitative estimate of drug-likeness (QED) is 0.838. The molecule has 0 unspecified atom stereocenters. The number of nitrogens with zero attached hydrogens (tertiary/aromatic N) is 3. The van der Waals surface area contributed by atoms with Gasteiger partial charge in [-0.25, -0.2) is 4.98 Å². The second-order valence-corrected chi connectivity index (χ2v) is 5.29. The van der Waals surface area contributed by atoms with Crippen LogP contribution in [0, 0.1) is 13.8 Å². The van der Waals surface area contributed by atoms with Crippen molar-refractivity contribution in [2.75, 3.05) is 11.1 Å². The minimum atomic E-state index is 0.143. The van der Waals surface area contributed by atoms with E-state index in [4.69, 9.17) is 17.3 Å². The third kappa shape index (κ3) is 3.33. The van der Waals surface area contributed by atoms with Crippen LogP contribution in [0.3, 0.4) is 0 Å². The lowest BCUT2D eigenvalue weighted by atomic mass is 10.1. The second-order valence-electron chi connectivity index (χ2n) is 4.11. The van der Waals surface area contributed by atoms with Gasteiger partial charge in [0.05, 0.1) is 12.2 Å². The molecule has 2 aromatic rings. The molecule has 0 saturated heterocycles. The van der Waals surface area contributed by atoms with E-state index in [1.165, 1.54) is 0 Å². The molecule has 0 fully saturated rings. The van der Waals surface area contributed by atoms with E-state index in [2.05, 4.69) is 36.2 Å². The van der Waals surface area contributed by atoms with Gasteiger partial charge in [0, 0.05) is 16.7 Å². The molecule has 0 aliphatic rings. The summed E-state index contributed by atoms with van der Waals surface area (Å²) >= 11 is 9.36. The highest BCUT2D eigenvalue weighted by molar-refractivity contribution is 9.10. The standard InChI is InChI=1S/C12H13BrClN5/c1-6-4-16-8(7(2)11(6)13)5-17-10-3-9(14)18-12(15)19-10/h3-4H,5H2,1-2H3,(H3,15,17,18,19). The Morgan fingerprint density at radius 1 is 1.37 bits per heavy atom. The zero-order valence-corrected chi connectivity index (χ0v) is 12.9. The largest absolute Gasteiger partial charge is 0.368 e. The van der Waals surface area contributed by atoms with Gasteiger partial charge in [0.2, 0.25) is 5.95 Å². The van der Waals surface area contributed by atoms with Crippen LogP contribution in [0.4, 0.5) is 11.8 Å². The molecule has 7 heteroatoms. The molecular formula is C12H13BrClN5. The van der Waals surface area contributed by atoms with E-state index in [1.54, 1.807) is 6.07 Å². The number of hydrogen-bond donors (Lipinski definition) is 2. The lowest BCUT2D eigenvalue weighted by molar-refractivity contribution is 0.987. The summed E-state index contributed by atoms with van der Waals surface area (Å²) in [6.45, 7) is 4.56. The molecule has 0 radical (unpaired) electrons. The van der Waals surface area contributed by atoms with Crippen LogP contribution < -0.4 is 11.1 Å². The Morgan fingerprint density at radius 2 is 2.11 bits per heavy atom. The lowest BCUT2D eigenvalue weighted by Gasteiger charge is -2.10. The van der Waals surface area contributed by atoms with Gasteiger partial charge in [0.1, 0.15) is 11.0 Å². The Kier molecular flexibility index (Phi) is 4.21. The number of anilines is 2. The monoisotopic (exact) mass is 341 g/mol. The highest BCUT2D eigenvalue weighted by Gasteiger charge is 2.07. The Balaban J connectivity index is 2.17. The number of aryl methyl sites for hydroxylation is 1. The second kappa shape index (κ2) is 5.71. The van der Waals surface area contributed by atoms with E-state index in [9.17, 15) is 0 Å². The molecule has 5 nitrogen and oxygen atoms in total. The van der Waals surface area contributed by atoms with E-state index in [1.807, 2.05) is 20.0 Å². The first-order valence-electron chi connectivity index (χ1n) is 5.62. The van der Waals surface area contributed by atoms with Crippen molar-refractivity contribution >= 4 is 39.3 Å². The van der Waals surface area contributed by atoms with Gasteiger partial charge in [-0.3, -0.25) is 4.98 Å². The van der Waals surface area contributed by atoms with Gasteiger partial charge in [-0.2, -0.15) is 4.98 Å². The average molecular weight is 343 g/mol. The highest BCUT2D eigenvalue weighted by atomic mass is 79.9. The number of nitrogens with one attached hydrogen (secondary N) is 1. The predicted octanol–water partition coefficient (Wildman–Crippen LogP) is 3.10. The molecule has 100 valence electrons. The maximum absolute atomic E-state index is 5.81. The van der Waals surface area contributed by atoms with Crippen LogP contribution in [0.2, 0.25) is 5.15 Å². The van der Waals surface area contributed by atoms with Crippen LogP contribution in [0.1, 0.15) is 16.8 Å². The Morgan fingerprint density at radius 3 is 2.79 bits per heavy atom. The van der Waals surface area contributed by atoms with Crippen LogP contribution in [-0.4, -0.2) is 15.0 Å². The Hall–Kier alpha value is -1.40. The molecule has 0 atom stereocenters. The van der Waals surface area contributed by atoms with Crippen LogP contribution in [0.25, 0.3) is 0 Å². The van der Waals surface area contributed by atoms with Crippen molar-refractivity contribution in [1.29, 1.82) is 0 Å².